The fourth-order valence-electron chi connectivity index (χ4n) is 1.93. The van der Waals surface area contributed by atoms with Gasteiger partial charge in [0.1, 0.15) is 12.1 Å². The number of carbonyl (C=O) groups excluding carboxylic acids is 4. The normalized spacial score (nSPS) is 13.7. The Balaban J connectivity index is 4.53. The van der Waals surface area contributed by atoms with E-state index < -0.39 is 60.9 Å². The van der Waals surface area contributed by atoms with E-state index in [4.69, 9.17) is 16.6 Å². The summed E-state index contributed by atoms with van der Waals surface area (Å²) >= 11 is 1.50. The molecule has 0 saturated heterocycles. The largest absolute Gasteiger partial charge is 0.480 e. The predicted octanol–water partition coefficient (Wildman–Crippen LogP) is -3.50. The van der Waals surface area contributed by atoms with Crippen molar-refractivity contribution in [3.8, 4) is 0 Å². The van der Waals surface area contributed by atoms with Crippen molar-refractivity contribution in [1.29, 1.82) is 0 Å². The van der Waals surface area contributed by atoms with Crippen LogP contribution in [-0.4, -0.2) is 83.1 Å². The Morgan fingerprint density at radius 2 is 1.68 bits per heavy atom. The first kappa shape index (κ1) is 25.6. The van der Waals surface area contributed by atoms with Gasteiger partial charge in [-0.1, -0.05) is 0 Å². The second-order valence-electron chi connectivity index (χ2n) is 5.81. The van der Waals surface area contributed by atoms with Crippen LogP contribution in [0.4, 0.5) is 0 Å². The molecular formula is C15H27N5O7S. The van der Waals surface area contributed by atoms with Crippen molar-refractivity contribution in [2.24, 2.45) is 11.5 Å². The summed E-state index contributed by atoms with van der Waals surface area (Å²) in [4.78, 5) is 57.4. The number of nitrogens with two attached hydrogens (primary N) is 2. The highest BCUT2D eigenvalue weighted by Crippen LogP contribution is 1.99. The smallest absolute Gasteiger partial charge is 0.326 e. The van der Waals surface area contributed by atoms with Gasteiger partial charge < -0.3 is 37.6 Å². The SMILES string of the molecule is CSCCC(N)C(=O)NC(CO)C(=O)NCC(=O)NC(CCC(N)=O)C(=O)O. The number of hydrogen-bond donors (Lipinski definition) is 7. The summed E-state index contributed by atoms with van der Waals surface area (Å²) in [6, 6.07) is -3.51. The van der Waals surface area contributed by atoms with E-state index in [1.165, 1.54) is 11.8 Å². The lowest BCUT2D eigenvalue weighted by Crippen LogP contribution is -2.54. The number of aliphatic hydroxyl groups is 1. The van der Waals surface area contributed by atoms with E-state index in [0.29, 0.717) is 12.2 Å². The van der Waals surface area contributed by atoms with Crippen molar-refractivity contribution < 1.29 is 34.2 Å². The third kappa shape index (κ3) is 10.7. The maximum absolute atomic E-state index is 12.0. The number of carboxylic acid groups (broad SMARTS) is 1. The van der Waals surface area contributed by atoms with E-state index >= 15 is 0 Å². The molecule has 0 heterocycles. The number of thioether (sulfide) groups is 1. The molecule has 0 rings (SSSR count). The number of amides is 4. The number of aliphatic carboxylic acids is 1. The Labute approximate surface area is 166 Å². The van der Waals surface area contributed by atoms with Crippen molar-refractivity contribution in [2.75, 3.05) is 25.2 Å². The topological polar surface area (TPSA) is 214 Å². The Bertz CT molecular complexity index is 575. The van der Waals surface area contributed by atoms with Gasteiger partial charge in [0.2, 0.25) is 23.6 Å². The van der Waals surface area contributed by atoms with Crippen molar-refractivity contribution in [3.05, 3.63) is 0 Å². The zero-order valence-electron chi connectivity index (χ0n) is 15.5. The van der Waals surface area contributed by atoms with E-state index in [9.17, 15) is 29.1 Å². The number of carbonyl (C=O) groups is 5. The van der Waals surface area contributed by atoms with Crippen molar-refractivity contribution in [3.63, 3.8) is 0 Å². The minimum atomic E-state index is -1.36. The Hall–Kier alpha value is -2.38. The van der Waals surface area contributed by atoms with Crippen LogP contribution in [0.5, 0.6) is 0 Å². The lowest BCUT2D eigenvalue weighted by atomic mass is 10.1. The summed E-state index contributed by atoms with van der Waals surface area (Å²) < 4.78 is 0. The van der Waals surface area contributed by atoms with Gasteiger partial charge in [-0.3, -0.25) is 19.2 Å². The van der Waals surface area contributed by atoms with Crippen LogP contribution in [0.2, 0.25) is 0 Å². The zero-order chi connectivity index (χ0) is 21.7. The average Bonchev–Trinajstić information content (AvgIpc) is 2.64. The second-order valence-corrected chi connectivity index (χ2v) is 6.80. The molecule has 0 radical (unpaired) electrons. The molecule has 0 saturated carbocycles. The zero-order valence-corrected chi connectivity index (χ0v) is 16.3. The van der Waals surface area contributed by atoms with Gasteiger partial charge in [0.15, 0.2) is 0 Å². The summed E-state index contributed by atoms with van der Waals surface area (Å²) in [6.07, 6.45) is 1.80. The molecule has 12 nitrogen and oxygen atoms in total. The van der Waals surface area contributed by atoms with Crippen LogP contribution in [0.1, 0.15) is 19.3 Å². The molecule has 0 spiro atoms. The quantitative estimate of drug-likeness (QED) is 0.148. The van der Waals surface area contributed by atoms with E-state index in [2.05, 4.69) is 16.0 Å². The molecule has 3 atom stereocenters. The van der Waals surface area contributed by atoms with Crippen LogP contribution >= 0.6 is 11.8 Å². The van der Waals surface area contributed by atoms with Crippen molar-refractivity contribution in [2.45, 2.75) is 37.4 Å². The van der Waals surface area contributed by atoms with Gasteiger partial charge >= 0.3 is 5.97 Å². The molecule has 4 amide bonds. The first-order chi connectivity index (χ1) is 13.1. The standard InChI is InChI=1S/C15H27N5O7S/c1-28-5-4-8(16)13(24)20-10(7-21)14(25)18-6-12(23)19-9(15(26)27)2-3-11(17)22/h8-10,21H,2-7,16H2,1H3,(H2,17,22)(H,18,25)(H,19,23)(H,20,24)(H,26,27). The number of primary amides is 1. The minimum Gasteiger partial charge on any atom is -0.480 e. The third-order valence-electron chi connectivity index (χ3n) is 3.52. The van der Waals surface area contributed by atoms with Crippen LogP contribution in [-0.2, 0) is 24.0 Å². The third-order valence-corrected chi connectivity index (χ3v) is 4.17. The molecule has 0 aliphatic heterocycles. The van der Waals surface area contributed by atoms with E-state index in [1.54, 1.807) is 0 Å². The lowest BCUT2D eigenvalue weighted by molar-refractivity contribution is -0.142. The summed E-state index contributed by atoms with van der Waals surface area (Å²) in [7, 11) is 0. The van der Waals surface area contributed by atoms with Gasteiger partial charge in [-0.25, -0.2) is 4.79 Å². The molecule has 3 unspecified atom stereocenters. The van der Waals surface area contributed by atoms with Gasteiger partial charge in [0.25, 0.3) is 0 Å². The molecular weight excluding hydrogens is 394 g/mol. The van der Waals surface area contributed by atoms with E-state index in [0.717, 1.165) is 0 Å². The van der Waals surface area contributed by atoms with Gasteiger partial charge in [0, 0.05) is 6.42 Å². The molecule has 0 fully saturated rings. The molecule has 160 valence electrons. The molecule has 0 aromatic carbocycles. The van der Waals surface area contributed by atoms with Crippen LogP contribution in [0, 0.1) is 0 Å². The molecule has 0 aromatic heterocycles. The first-order valence-corrected chi connectivity index (χ1v) is 9.75. The molecule has 9 N–H and O–H groups in total. The number of hydrogen-bond acceptors (Lipinski definition) is 8. The van der Waals surface area contributed by atoms with Crippen LogP contribution in [0.25, 0.3) is 0 Å². The van der Waals surface area contributed by atoms with Crippen molar-refractivity contribution in [1.82, 2.24) is 16.0 Å². The highest BCUT2D eigenvalue weighted by atomic mass is 32.2. The second kappa shape index (κ2) is 13.7. The van der Waals surface area contributed by atoms with Gasteiger partial charge in [-0.05, 0) is 24.9 Å². The fourth-order valence-corrected chi connectivity index (χ4v) is 2.42. The maximum atomic E-state index is 12.0. The summed E-state index contributed by atoms with van der Waals surface area (Å²) in [6.45, 7) is -1.31. The number of nitrogens with one attached hydrogen (secondary N) is 3. The van der Waals surface area contributed by atoms with Crippen molar-refractivity contribution >= 4 is 41.4 Å². The lowest BCUT2D eigenvalue weighted by Gasteiger charge is -2.19. The predicted molar refractivity (Wildman–Crippen MR) is 101 cm³/mol. The van der Waals surface area contributed by atoms with Crippen LogP contribution < -0.4 is 27.4 Å². The van der Waals surface area contributed by atoms with Crippen LogP contribution in [0.3, 0.4) is 0 Å². The Morgan fingerprint density at radius 1 is 1.04 bits per heavy atom. The van der Waals surface area contributed by atoms with Gasteiger partial charge in [-0.2, -0.15) is 11.8 Å². The van der Waals surface area contributed by atoms with Crippen LogP contribution in [0.15, 0.2) is 0 Å². The summed E-state index contributed by atoms with van der Waals surface area (Å²) in [5, 5.41) is 24.9. The van der Waals surface area contributed by atoms with E-state index in [1.807, 2.05) is 6.26 Å². The monoisotopic (exact) mass is 421 g/mol. The number of aliphatic hydroxyl groups excluding tert-OH is 1. The first-order valence-electron chi connectivity index (χ1n) is 8.36. The minimum absolute atomic E-state index is 0.201. The number of carboxylic acids is 1. The Kier molecular flexibility index (Phi) is 12.6. The average molecular weight is 421 g/mol. The molecule has 0 aromatic rings. The maximum Gasteiger partial charge on any atom is 0.326 e. The van der Waals surface area contributed by atoms with E-state index in [-0.39, 0.29) is 12.8 Å². The molecule has 0 aliphatic carbocycles. The number of rotatable bonds is 14. The van der Waals surface area contributed by atoms with Gasteiger partial charge in [0.05, 0.1) is 19.2 Å². The molecule has 13 heteroatoms. The Morgan fingerprint density at radius 3 is 2.18 bits per heavy atom. The van der Waals surface area contributed by atoms with Gasteiger partial charge in [-0.15, -0.1) is 0 Å². The molecule has 0 bridgehead atoms. The highest BCUT2D eigenvalue weighted by molar-refractivity contribution is 7.98. The highest BCUT2D eigenvalue weighted by Gasteiger charge is 2.24. The summed E-state index contributed by atoms with van der Waals surface area (Å²) in [5.41, 5.74) is 10.6. The molecule has 28 heavy (non-hydrogen) atoms. The molecule has 0 aliphatic rings. The summed E-state index contributed by atoms with van der Waals surface area (Å²) in [5.74, 6) is -3.72. The fraction of sp³-hybridized carbons (Fsp3) is 0.667.